The number of benzene rings is 1. The zero-order valence-electron chi connectivity index (χ0n) is 14.9. The van der Waals surface area contributed by atoms with Gasteiger partial charge in [0.05, 0.1) is 25.0 Å². The molecule has 134 valence electrons. The van der Waals surface area contributed by atoms with Gasteiger partial charge in [0.2, 0.25) is 5.91 Å². The van der Waals surface area contributed by atoms with Crippen LogP contribution < -0.4 is 5.32 Å². The zero-order chi connectivity index (χ0) is 18.4. The van der Waals surface area contributed by atoms with Crippen molar-refractivity contribution >= 4 is 23.6 Å². The first-order chi connectivity index (χ1) is 11.9. The van der Waals surface area contributed by atoms with Crippen molar-refractivity contribution in [2.24, 2.45) is 0 Å². The number of esters is 1. The van der Waals surface area contributed by atoms with Crippen molar-refractivity contribution < 1.29 is 14.3 Å². The Labute approximate surface area is 152 Å². The van der Waals surface area contributed by atoms with Crippen molar-refractivity contribution in [3.05, 3.63) is 41.7 Å². The molecule has 0 saturated heterocycles. The number of ether oxygens (including phenoxy) is 1. The fourth-order valence-corrected chi connectivity index (χ4v) is 3.17. The number of nitrogens with zero attached hydrogens (tertiary/aromatic N) is 2. The monoisotopic (exact) mass is 361 g/mol. The Hall–Kier alpha value is -2.28. The van der Waals surface area contributed by atoms with Crippen molar-refractivity contribution in [2.45, 2.75) is 38.4 Å². The summed E-state index contributed by atoms with van der Waals surface area (Å²) in [6.45, 7) is 5.86. The Kier molecular flexibility index (Phi) is 6.64. The molecule has 1 amide bonds. The van der Waals surface area contributed by atoms with Crippen LogP contribution in [-0.2, 0) is 14.3 Å². The third-order valence-corrected chi connectivity index (χ3v) is 4.64. The van der Waals surface area contributed by atoms with Crippen LogP contribution in [0.5, 0.6) is 0 Å². The highest BCUT2D eigenvalue weighted by molar-refractivity contribution is 7.99. The molecule has 0 spiro atoms. The van der Waals surface area contributed by atoms with Gasteiger partial charge in [0, 0.05) is 18.4 Å². The van der Waals surface area contributed by atoms with Gasteiger partial charge in [-0.1, -0.05) is 23.9 Å². The summed E-state index contributed by atoms with van der Waals surface area (Å²) in [5.74, 6) is -0.254. The average molecular weight is 361 g/mol. The van der Waals surface area contributed by atoms with Gasteiger partial charge in [0.15, 0.2) is 5.16 Å². The fraction of sp³-hybridized carbons (Fsp3) is 0.389. The summed E-state index contributed by atoms with van der Waals surface area (Å²) in [4.78, 5) is 27.6. The maximum absolute atomic E-state index is 12.1. The number of imidazole rings is 1. The number of hydrogen-bond acceptors (Lipinski definition) is 5. The molecule has 0 aliphatic carbocycles. The molecule has 0 radical (unpaired) electrons. The maximum atomic E-state index is 12.1. The number of carbonyl (C=O) groups excluding carboxylic acids is 2. The molecule has 0 fully saturated rings. The van der Waals surface area contributed by atoms with E-state index in [9.17, 15) is 9.59 Å². The minimum absolute atomic E-state index is 0.142. The molecule has 0 bridgehead atoms. The van der Waals surface area contributed by atoms with Crippen LogP contribution in [0, 0.1) is 13.8 Å². The van der Waals surface area contributed by atoms with E-state index in [-0.39, 0.29) is 30.1 Å². The molecule has 0 aliphatic heterocycles. The van der Waals surface area contributed by atoms with Crippen molar-refractivity contribution in [3.63, 3.8) is 0 Å². The Morgan fingerprint density at radius 2 is 2.12 bits per heavy atom. The highest BCUT2D eigenvalue weighted by Gasteiger charge is 2.14. The van der Waals surface area contributed by atoms with Gasteiger partial charge in [-0.3, -0.25) is 14.2 Å². The molecule has 1 atom stereocenters. The van der Waals surface area contributed by atoms with E-state index in [0.717, 1.165) is 16.4 Å². The van der Waals surface area contributed by atoms with Crippen molar-refractivity contribution in [1.29, 1.82) is 0 Å². The molecule has 1 heterocycles. The number of aryl methyl sites for hydroxylation is 2. The van der Waals surface area contributed by atoms with Gasteiger partial charge in [-0.25, -0.2) is 4.98 Å². The molecule has 0 aliphatic rings. The summed E-state index contributed by atoms with van der Waals surface area (Å²) in [5, 5.41) is 3.54. The van der Waals surface area contributed by atoms with Gasteiger partial charge in [-0.2, -0.15) is 0 Å². The second-order valence-electron chi connectivity index (χ2n) is 5.91. The van der Waals surface area contributed by atoms with E-state index >= 15 is 0 Å². The molecular formula is C18H23N3O3S. The molecular weight excluding hydrogens is 338 g/mol. The molecule has 0 saturated carbocycles. The summed E-state index contributed by atoms with van der Waals surface area (Å²) in [5.41, 5.74) is 3.36. The molecule has 2 rings (SSSR count). The van der Waals surface area contributed by atoms with Crippen molar-refractivity contribution in [1.82, 2.24) is 14.9 Å². The molecule has 1 aromatic carbocycles. The van der Waals surface area contributed by atoms with Crippen LogP contribution in [-0.4, -0.2) is 40.3 Å². The number of thioether (sulfide) groups is 1. The largest absolute Gasteiger partial charge is 0.469 e. The number of carbonyl (C=O) groups is 2. The van der Waals surface area contributed by atoms with Gasteiger partial charge in [-0.15, -0.1) is 0 Å². The first-order valence-corrected chi connectivity index (χ1v) is 8.99. The first-order valence-electron chi connectivity index (χ1n) is 8.00. The summed E-state index contributed by atoms with van der Waals surface area (Å²) in [7, 11) is 1.33. The number of hydrogen-bond donors (Lipinski definition) is 1. The predicted molar refractivity (Wildman–Crippen MR) is 98.0 cm³/mol. The van der Waals surface area contributed by atoms with E-state index in [0.29, 0.717) is 0 Å². The smallest absolute Gasteiger partial charge is 0.307 e. The maximum Gasteiger partial charge on any atom is 0.307 e. The number of amides is 1. The molecule has 1 unspecified atom stereocenters. The van der Waals surface area contributed by atoms with Crippen molar-refractivity contribution in [2.75, 3.05) is 12.9 Å². The van der Waals surface area contributed by atoms with Gasteiger partial charge in [0.1, 0.15) is 0 Å². The average Bonchev–Trinajstić information content (AvgIpc) is 3.03. The van der Waals surface area contributed by atoms with Crippen LogP contribution in [0.3, 0.4) is 0 Å². The number of methoxy groups -OCH3 is 1. The summed E-state index contributed by atoms with van der Waals surface area (Å²) in [6.07, 6.45) is 3.77. The fourth-order valence-electron chi connectivity index (χ4n) is 2.39. The quantitative estimate of drug-likeness (QED) is 0.606. The third kappa shape index (κ3) is 5.35. The van der Waals surface area contributed by atoms with Crippen LogP contribution in [0.15, 0.2) is 35.7 Å². The lowest BCUT2D eigenvalue weighted by Crippen LogP contribution is -2.35. The molecule has 7 heteroatoms. The lowest BCUT2D eigenvalue weighted by atomic mass is 10.1. The standard InChI is InChI=1S/C18H23N3O3S/c1-12-5-6-13(2)15(9-12)21-8-7-19-18(21)25-11-16(22)20-14(3)10-17(23)24-4/h5-9,14H,10-11H2,1-4H3,(H,20,22). The Morgan fingerprint density at radius 3 is 2.84 bits per heavy atom. The number of nitrogens with one attached hydrogen (secondary N) is 1. The Morgan fingerprint density at radius 1 is 1.36 bits per heavy atom. The summed E-state index contributed by atoms with van der Waals surface area (Å²) in [6, 6.07) is 5.97. The Balaban J connectivity index is 1.98. The molecule has 6 nitrogen and oxygen atoms in total. The van der Waals surface area contributed by atoms with Gasteiger partial charge < -0.3 is 10.1 Å². The summed E-state index contributed by atoms with van der Waals surface area (Å²) < 4.78 is 6.58. The second kappa shape index (κ2) is 8.71. The van der Waals surface area contributed by atoms with E-state index in [4.69, 9.17) is 0 Å². The molecule has 1 N–H and O–H groups in total. The molecule has 2 aromatic rings. The SMILES string of the molecule is COC(=O)CC(C)NC(=O)CSc1nccn1-c1cc(C)ccc1C. The zero-order valence-corrected chi connectivity index (χ0v) is 15.7. The highest BCUT2D eigenvalue weighted by atomic mass is 32.2. The first kappa shape index (κ1) is 19.1. The number of aromatic nitrogens is 2. The highest BCUT2D eigenvalue weighted by Crippen LogP contribution is 2.23. The van der Waals surface area contributed by atoms with Gasteiger partial charge >= 0.3 is 5.97 Å². The Bertz CT molecular complexity index is 758. The van der Waals surface area contributed by atoms with Crippen LogP contribution in [0.2, 0.25) is 0 Å². The van der Waals surface area contributed by atoms with E-state index in [1.807, 2.05) is 24.6 Å². The minimum Gasteiger partial charge on any atom is -0.469 e. The van der Waals surface area contributed by atoms with Gasteiger partial charge in [0.25, 0.3) is 0 Å². The normalized spacial score (nSPS) is 11.8. The van der Waals surface area contributed by atoms with Crippen LogP contribution in [0.25, 0.3) is 5.69 Å². The number of rotatable bonds is 7. The second-order valence-corrected chi connectivity index (χ2v) is 6.85. The lowest BCUT2D eigenvalue weighted by Gasteiger charge is -2.13. The van der Waals surface area contributed by atoms with E-state index in [2.05, 4.69) is 33.2 Å². The van der Waals surface area contributed by atoms with E-state index < -0.39 is 0 Å². The van der Waals surface area contributed by atoms with Crippen LogP contribution in [0.1, 0.15) is 24.5 Å². The van der Waals surface area contributed by atoms with Crippen LogP contribution in [0.4, 0.5) is 0 Å². The molecule has 25 heavy (non-hydrogen) atoms. The lowest BCUT2D eigenvalue weighted by molar-refractivity contribution is -0.141. The molecule has 1 aromatic heterocycles. The predicted octanol–water partition coefficient (Wildman–Crippen LogP) is 2.65. The van der Waals surface area contributed by atoms with E-state index in [1.165, 1.54) is 24.4 Å². The topological polar surface area (TPSA) is 73.2 Å². The van der Waals surface area contributed by atoms with Crippen LogP contribution >= 0.6 is 11.8 Å². The third-order valence-electron chi connectivity index (χ3n) is 3.67. The van der Waals surface area contributed by atoms with Gasteiger partial charge in [-0.05, 0) is 38.0 Å². The van der Waals surface area contributed by atoms with Crippen molar-refractivity contribution in [3.8, 4) is 5.69 Å². The minimum atomic E-state index is -0.342. The van der Waals surface area contributed by atoms with E-state index in [1.54, 1.807) is 13.1 Å². The summed E-state index contributed by atoms with van der Waals surface area (Å²) >= 11 is 1.36.